The molecule has 0 amide bonds. The molecule has 1 nitrogen and oxygen atoms in total. The first-order chi connectivity index (χ1) is 6.11. The summed E-state index contributed by atoms with van der Waals surface area (Å²) in [4.78, 5) is 0. The molecule has 0 bridgehead atoms. The van der Waals surface area contributed by atoms with Gasteiger partial charge < -0.3 is 5.32 Å². The van der Waals surface area contributed by atoms with E-state index in [9.17, 15) is 8.78 Å². The van der Waals surface area contributed by atoms with E-state index in [0.29, 0.717) is 5.56 Å². The summed E-state index contributed by atoms with van der Waals surface area (Å²) in [5.41, 5.74) is 1.37. The number of hydrogen-bond donors (Lipinski definition) is 1. The molecule has 1 aromatic rings. The van der Waals surface area contributed by atoms with Crippen molar-refractivity contribution in [2.24, 2.45) is 0 Å². The maximum atomic E-state index is 12.7. The van der Waals surface area contributed by atoms with E-state index in [1.807, 2.05) is 6.92 Å². The lowest BCUT2D eigenvalue weighted by molar-refractivity contribution is 0.583. The molecule has 0 saturated heterocycles. The number of hydrogen-bond acceptors (Lipinski definition) is 1. The normalized spacial score (nSPS) is 11.5. The molecule has 0 heterocycles. The van der Waals surface area contributed by atoms with Gasteiger partial charge in [-0.15, -0.1) is 0 Å². The topological polar surface area (TPSA) is 12.0 Å². The van der Waals surface area contributed by atoms with Crippen molar-refractivity contribution < 1.29 is 8.78 Å². The van der Waals surface area contributed by atoms with E-state index >= 15 is 0 Å². The van der Waals surface area contributed by atoms with E-state index in [-0.39, 0.29) is 0 Å². The van der Waals surface area contributed by atoms with Crippen LogP contribution in [0.3, 0.4) is 0 Å². The average molecular weight is 183 g/mol. The molecule has 0 aromatic heterocycles. The molecule has 0 aliphatic carbocycles. The van der Waals surface area contributed by atoms with Gasteiger partial charge in [-0.25, -0.2) is 8.78 Å². The summed E-state index contributed by atoms with van der Waals surface area (Å²) in [5.74, 6) is -1.12. The van der Waals surface area contributed by atoms with Gasteiger partial charge in [-0.05, 0) is 30.7 Å². The fourth-order valence-corrected chi connectivity index (χ4v) is 0.981. The van der Waals surface area contributed by atoms with Gasteiger partial charge in [-0.3, -0.25) is 0 Å². The summed E-state index contributed by atoms with van der Waals surface area (Å²) in [5, 5.41) is 2.87. The number of allylic oxidation sites excluding steroid dienone is 1. The summed E-state index contributed by atoms with van der Waals surface area (Å²) in [6, 6.07) is 3.42. The smallest absolute Gasteiger partial charge is 0.126 e. The van der Waals surface area contributed by atoms with Crippen LogP contribution in [-0.2, 0) is 0 Å². The second-order valence-corrected chi connectivity index (χ2v) is 2.78. The first-order valence-corrected chi connectivity index (χ1v) is 3.94. The molecular formula is C10H11F2N. The standard InChI is InChI=1S/C10H11F2N/c1-7(13-2)3-8-4-9(11)6-10(12)5-8/h3-6,13H,1-2H3/b7-3-. The molecule has 1 N–H and O–H groups in total. The molecule has 1 rings (SSSR count). The zero-order chi connectivity index (χ0) is 9.84. The molecule has 0 fully saturated rings. The predicted molar refractivity (Wildman–Crippen MR) is 49.1 cm³/mol. The third-order valence-electron chi connectivity index (χ3n) is 1.66. The summed E-state index contributed by atoms with van der Waals surface area (Å²) in [6.45, 7) is 1.82. The van der Waals surface area contributed by atoms with Crippen LogP contribution in [0.15, 0.2) is 23.9 Å². The van der Waals surface area contributed by atoms with Gasteiger partial charge in [0.05, 0.1) is 0 Å². The van der Waals surface area contributed by atoms with Crippen molar-refractivity contribution in [1.29, 1.82) is 0 Å². The Morgan fingerprint density at radius 3 is 2.23 bits per heavy atom. The number of halogens is 2. The first kappa shape index (κ1) is 9.71. The van der Waals surface area contributed by atoms with Crippen LogP contribution in [0.5, 0.6) is 0 Å². The van der Waals surface area contributed by atoms with Gasteiger partial charge in [0.25, 0.3) is 0 Å². The van der Waals surface area contributed by atoms with Gasteiger partial charge in [-0.2, -0.15) is 0 Å². The molecule has 0 unspecified atom stereocenters. The van der Waals surface area contributed by atoms with Crippen molar-refractivity contribution in [2.75, 3.05) is 7.05 Å². The summed E-state index contributed by atoms with van der Waals surface area (Å²) >= 11 is 0. The largest absolute Gasteiger partial charge is 0.392 e. The Balaban J connectivity index is 3.02. The summed E-state index contributed by atoms with van der Waals surface area (Å²) in [7, 11) is 1.75. The number of benzene rings is 1. The highest BCUT2D eigenvalue weighted by Gasteiger charge is 1.97. The van der Waals surface area contributed by atoms with Gasteiger partial charge in [-0.1, -0.05) is 0 Å². The van der Waals surface area contributed by atoms with Crippen molar-refractivity contribution >= 4 is 6.08 Å². The third-order valence-corrected chi connectivity index (χ3v) is 1.66. The lowest BCUT2D eigenvalue weighted by Crippen LogP contribution is -2.00. The van der Waals surface area contributed by atoms with E-state index in [2.05, 4.69) is 5.32 Å². The highest BCUT2D eigenvalue weighted by molar-refractivity contribution is 5.51. The summed E-state index contributed by atoms with van der Waals surface area (Å²) < 4.78 is 25.4. The second kappa shape index (κ2) is 4.03. The van der Waals surface area contributed by atoms with Crippen LogP contribution < -0.4 is 5.32 Å². The molecule has 0 aliphatic heterocycles. The Hall–Kier alpha value is -1.38. The minimum Gasteiger partial charge on any atom is -0.392 e. The van der Waals surface area contributed by atoms with Gasteiger partial charge in [0, 0.05) is 18.8 Å². The molecule has 3 heteroatoms. The lowest BCUT2D eigenvalue weighted by Gasteiger charge is -1.99. The molecule has 0 atom stereocenters. The molecule has 13 heavy (non-hydrogen) atoms. The molecule has 0 spiro atoms. The Labute approximate surface area is 76.1 Å². The van der Waals surface area contributed by atoms with Crippen LogP contribution >= 0.6 is 0 Å². The minimum absolute atomic E-state index is 0.518. The van der Waals surface area contributed by atoms with Crippen LogP contribution in [0.4, 0.5) is 8.78 Å². The van der Waals surface area contributed by atoms with Crippen molar-refractivity contribution in [3.8, 4) is 0 Å². The van der Waals surface area contributed by atoms with Crippen LogP contribution in [0.2, 0.25) is 0 Å². The quantitative estimate of drug-likeness (QED) is 0.743. The molecular weight excluding hydrogens is 172 g/mol. The van der Waals surface area contributed by atoms with Crippen LogP contribution in [-0.4, -0.2) is 7.05 Å². The third kappa shape index (κ3) is 2.86. The SMILES string of the molecule is CN/C(C)=C\c1cc(F)cc(F)c1. The number of nitrogens with one attached hydrogen (secondary N) is 1. The van der Waals surface area contributed by atoms with Crippen LogP contribution in [0.1, 0.15) is 12.5 Å². The fourth-order valence-electron chi connectivity index (χ4n) is 0.981. The maximum Gasteiger partial charge on any atom is 0.126 e. The maximum absolute atomic E-state index is 12.7. The average Bonchev–Trinajstić information content (AvgIpc) is 2.02. The zero-order valence-electron chi connectivity index (χ0n) is 7.57. The molecule has 0 aliphatic rings. The molecule has 0 radical (unpaired) electrons. The van der Waals surface area contributed by atoms with E-state index in [1.54, 1.807) is 13.1 Å². The predicted octanol–water partition coefficient (Wildman–Crippen LogP) is 2.55. The lowest BCUT2D eigenvalue weighted by atomic mass is 10.2. The van der Waals surface area contributed by atoms with E-state index in [1.165, 1.54) is 12.1 Å². The first-order valence-electron chi connectivity index (χ1n) is 3.94. The van der Waals surface area contributed by atoms with Gasteiger partial charge in [0.15, 0.2) is 0 Å². The highest BCUT2D eigenvalue weighted by Crippen LogP contribution is 2.10. The van der Waals surface area contributed by atoms with Gasteiger partial charge >= 0.3 is 0 Å². The van der Waals surface area contributed by atoms with E-state index in [4.69, 9.17) is 0 Å². The monoisotopic (exact) mass is 183 g/mol. The van der Waals surface area contributed by atoms with Gasteiger partial charge in [0.2, 0.25) is 0 Å². The van der Waals surface area contributed by atoms with Crippen molar-refractivity contribution in [3.63, 3.8) is 0 Å². The fraction of sp³-hybridized carbons (Fsp3) is 0.200. The Kier molecular flexibility index (Phi) is 3.01. The Morgan fingerprint density at radius 2 is 1.77 bits per heavy atom. The molecule has 0 saturated carbocycles. The van der Waals surface area contributed by atoms with Crippen molar-refractivity contribution in [1.82, 2.24) is 5.32 Å². The second-order valence-electron chi connectivity index (χ2n) is 2.78. The van der Waals surface area contributed by atoms with Crippen LogP contribution in [0, 0.1) is 11.6 Å². The minimum atomic E-state index is -0.560. The highest BCUT2D eigenvalue weighted by atomic mass is 19.1. The summed E-state index contributed by atoms with van der Waals surface area (Å²) in [6.07, 6.45) is 1.67. The van der Waals surface area contributed by atoms with E-state index < -0.39 is 11.6 Å². The van der Waals surface area contributed by atoms with Gasteiger partial charge in [0.1, 0.15) is 11.6 Å². The Morgan fingerprint density at radius 1 is 1.23 bits per heavy atom. The Bertz CT molecular complexity index is 311. The molecule has 1 aromatic carbocycles. The number of rotatable bonds is 2. The zero-order valence-corrected chi connectivity index (χ0v) is 7.57. The van der Waals surface area contributed by atoms with Crippen molar-refractivity contribution in [2.45, 2.75) is 6.92 Å². The van der Waals surface area contributed by atoms with Crippen molar-refractivity contribution in [3.05, 3.63) is 41.1 Å². The van der Waals surface area contributed by atoms with E-state index in [0.717, 1.165) is 11.8 Å². The van der Waals surface area contributed by atoms with Crippen LogP contribution in [0.25, 0.3) is 6.08 Å². The molecule has 70 valence electrons.